The molecule has 0 saturated heterocycles. The summed E-state index contributed by atoms with van der Waals surface area (Å²) in [7, 11) is 1.61. The third-order valence-corrected chi connectivity index (χ3v) is 1.48. The van der Waals surface area contributed by atoms with E-state index in [0.29, 0.717) is 10.9 Å². The van der Waals surface area contributed by atoms with Crippen LogP contribution in [0.3, 0.4) is 0 Å². The van der Waals surface area contributed by atoms with Gasteiger partial charge in [0.25, 0.3) is 0 Å². The lowest BCUT2D eigenvalue weighted by atomic mass is 10.5. The molecule has 0 atom stereocenters. The van der Waals surface area contributed by atoms with Crippen LogP contribution in [0.5, 0.6) is 0 Å². The molecule has 0 amide bonds. The molecule has 1 heterocycles. The molecular weight excluding hydrogens is 220 g/mol. The van der Waals surface area contributed by atoms with E-state index in [1.807, 2.05) is 0 Å². The Labute approximate surface area is 92.4 Å². The molecule has 0 aliphatic rings. The number of thiol groups is 1. The number of hydrogen-bond donors (Lipinski definition) is 3. The van der Waals surface area contributed by atoms with Crippen LogP contribution in [0, 0.1) is 0 Å². The van der Waals surface area contributed by atoms with E-state index in [4.69, 9.17) is 4.74 Å². The number of ether oxygens (including phenoxy) is 1. The highest BCUT2D eigenvalue weighted by Crippen LogP contribution is 1.95. The van der Waals surface area contributed by atoms with E-state index < -0.39 is 0 Å². The zero-order chi connectivity index (χ0) is 10.4. The smallest absolute Gasteiger partial charge is 0.150 e. The Bertz CT molecular complexity index is 336. The molecule has 0 aromatic carbocycles. The molecule has 0 radical (unpaired) electrons. The molecule has 0 spiro atoms. The molecule has 0 fully saturated rings. The molecule has 2 N–H and O–H groups in total. The Balaban J connectivity index is 2.50. The van der Waals surface area contributed by atoms with Crippen LogP contribution in [-0.2, 0) is 11.3 Å². The zero-order valence-electron chi connectivity index (χ0n) is 7.52. The Hall–Kier alpha value is -0.920. The second-order valence-electron chi connectivity index (χ2n) is 2.39. The molecule has 0 aliphatic heterocycles. The predicted molar refractivity (Wildman–Crippen MR) is 61.6 cm³/mol. The van der Waals surface area contributed by atoms with Crippen molar-refractivity contribution in [2.75, 3.05) is 7.11 Å². The van der Waals surface area contributed by atoms with Crippen molar-refractivity contribution in [1.82, 2.24) is 15.4 Å². The maximum atomic E-state index is 4.90. The summed E-state index contributed by atoms with van der Waals surface area (Å²) in [5, 5.41) is 3.81. The molecule has 0 bridgehead atoms. The standard InChI is InChI=1S/C7H10N4OS2/c1-12-4-6-8-2-5(10-6)3-9-11-7(13)14/h2-3H,4H2,1H3,(H,8,10)(H2,11,13,14). The fourth-order valence-electron chi connectivity index (χ4n) is 0.811. The molecule has 0 saturated carbocycles. The molecule has 5 nitrogen and oxygen atoms in total. The minimum absolute atomic E-state index is 0.317. The second-order valence-corrected chi connectivity index (χ2v) is 3.55. The number of aromatic nitrogens is 2. The third-order valence-electron chi connectivity index (χ3n) is 1.29. The summed E-state index contributed by atoms with van der Waals surface area (Å²) in [6.07, 6.45) is 3.22. The highest BCUT2D eigenvalue weighted by Gasteiger charge is 1.96. The van der Waals surface area contributed by atoms with Gasteiger partial charge in [-0.15, -0.1) is 12.6 Å². The number of hydrazone groups is 1. The summed E-state index contributed by atoms with van der Waals surface area (Å²) < 4.78 is 5.21. The van der Waals surface area contributed by atoms with Gasteiger partial charge in [-0.3, -0.25) is 5.43 Å². The number of aromatic amines is 1. The summed E-state index contributed by atoms with van der Waals surface area (Å²) in [5.41, 5.74) is 3.29. The Morgan fingerprint density at radius 3 is 3.36 bits per heavy atom. The van der Waals surface area contributed by atoms with Crippen molar-refractivity contribution in [3.8, 4) is 0 Å². The highest BCUT2D eigenvalue weighted by molar-refractivity contribution is 8.11. The van der Waals surface area contributed by atoms with Crippen molar-refractivity contribution >= 4 is 35.4 Å². The van der Waals surface area contributed by atoms with E-state index in [0.717, 1.165) is 11.5 Å². The van der Waals surface area contributed by atoms with Gasteiger partial charge in [-0.25, -0.2) is 4.98 Å². The summed E-state index contributed by atoms with van der Waals surface area (Å²) >= 11 is 8.50. The van der Waals surface area contributed by atoms with Crippen molar-refractivity contribution in [2.45, 2.75) is 6.61 Å². The first-order valence-corrected chi connectivity index (χ1v) is 4.62. The normalized spacial score (nSPS) is 10.7. The van der Waals surface area contributed by atoms with E-state index >= 15 is 0 Å². The summed E-state index contributed by atoms with van der Waals surface area (Å²) in [6, 6.07) is 0. The number of nitrogens with one attached hydrogen (secondary N) is 2. The maximum Gasteiger partial charge on any atom is 0.150 e. The van der Waals surface area contributed by atoms with Gasteiger partial charge in [0.05, 0.1) is 18.1 Å². The molecule has 7 heteroatoms. The average Bonchev–Trinajstić information content (AvgIpc) is 2.53. The number of rotatable bonds is 4. The second kappa shape index (κ2) is 5.74. The van der Waals surface area contributed by atoms with Crippen molar-refractivity contribution < 1.29 is 4.74 Å². The van der Waals surface area contributed by atoms with Crippen molar-refractivity contribution in [2.24, 2.45) is 5.10 Å². The summed E-state index contributed by atoms with van der Waals surface area (Å²) in [5.74, 6) is 0.752. The van der Waals surface area contributed by atoms with Gasteiger partial charge in [0.1, 0.15) is 12.4 Å². The van der Waals surface area contributed by atoms with Gasteiger partial charge in [0.15, 0.2) is 4.32 Å². The molecule has 1 aromatic heterocycles. The topological polar surface area (TPSA) is 62.3 Å². The molecular formula is C7H10N4OS2. The summed E-state index contributed by atoms with van der Waals surface area (Å²) in [6.45, 7) is 0.451. The SMILES string of the molecule is COCc1ncc(C=NNC(=S)S)[nH]1. The fourth-order valence-corrected chi connectivity index (χ4v) is 0.922. The van der Waals surface area contributed by atoms with Gasteiger partial charge in [-0.2, -0.15) is 5.10 Å². The largest absolute Gasteiger partial charge is 0.377 e. The maximum absolute atomic E-state index is 4.90. The minimum atomic E-state index is 0.317. The lowest BCUT2D eigenvalue weighted by molar-refractivity contribution is 0.178. The highest BCUT2D eigenvalue weighted by atomic mass is 32.1. The fraction of sp³-hybridized carbons (Fsp3) is 0.286. The minimum Gasteiger partial charge on any atom is -0.377 e. The van der Waals surface area contributed by atoms with Crippen LogP contribution in [0.25, 0.3) is 0 Å². The van der Waals surface area contributed by atoms with Gasteiger partial charge in [0, 0.05) is 7.11 Å². The number of methoxy groups -OCH3 is 1. The van der Waals surface area contributed by atoms with Crippen LogP contribution >= 0.6 is 24.8 Å². The van der Waals surface area contributed by atoms with Crippen LogP contribution in [0.1, 0.15) is 11.5 Å². The predicted octanol–water partition coefficient (Wildman–Crippen LogP) is 0.694. The zero-order valence-corrected chi connectivity index (χ0v) is 9.23. The molecule has 0 unspecified atom stereocenters. The van der Waals surface area contributed by atoms with Crippen LogP contribution in [0.15, 0.2) is 11.3 Å². The lowest BCUT2D eigenvalue weighted by Gasteiger charge is -1.92. The quantitative estimate of drug-likeness (QED) is 0.308. The Kier molecular flexibility index (Phi) is 4.57. The Morgan fingerprint density at radius 1 is 1.93 bits per heavy atom. The first-order valence-electron chi connectivity index (χ1n) is 3.77. The van der Waals surface area contributed by atoms with Crippen molar-refractivity contribution in [3.05, 3.63) is 17.7 Å². The summed E-state index contributed by atoms with van der Waals surface area (Å²) in [4.78, 5) is 7.05. The molecule has 0 aliphatic carbocycles. The van der Waals surface area contributed by atoms with Crippen molar-refractivity contribution in [1.29, 1.82) is 0 Å². The molecule has 76 valence electrons. The van der Waals surface area contributed by atoms with E-state index in [2.05, 4.69) is 45.3 Å². The molecule has 1 rings (SSSR count). The van der Waals surface area contributed by atoms with Crippen LogP contribution in [0.4, 0.5) is 0 Å². The number of thiocarbonyl (C=S) groups is 1. The van der Waals surface area contributed by atoms with E-state index in [1.54, 1.807) is 19.5 Å². The van der Waals surface area contributed by atoms with Gasteiger partial charge in [-0.05, 0) is 0 Å². The van der Waals surface area contributed by atoms with E-state index in [1.165, 1.54) is 0 Å². The van der Waals surface area contributed by atoms with Crippen LogP contribution < -0.4 is 5.43 Å². The first-order chi connectivity index (χ1) is 6.72. The van der Waals surface area contributed by atoms with Gasteiger partial charge < -0.3 is 9.72 Å². The average molecular weight is 230 g/mol. The number of hydrogen-bond acceptors (Lipinski definition) is 4. The van der Waals surface area contributed by atoms with Gasteiger partial charge in [0.2, 0.25) is 0 Å². The van der Waals surface area contributed by atoms with E-state index in [9.17, 15) is 0 Å². The third kappa shape index (κ3) is 3.86. The monoisotopic (exact) mass is 230 g/mol. The van der Waals surface area contributed by atoms with E-state index in [-0.39, 0.29) is 0 Å². The number of imidazole rings is 1. The number of H-pyrrole nitrogens is 1. The van der Waals surface area contributed by atoms with Crippen LogP contribution in [0.2, 0.25) is 0 Å². The molecule has 1 aromatic rings. The van der Waals surface area contributed by atoms with Crippen molar-refractivity contribution in [3.63, 3.8) is 0 Å². The molecule has 14 heavy (non-hydrogen) atoms. The van der Waals surface area contributed by atoms with Gasteiger partial charge >= 0.3 is 0 Å². The lowest BCUT2D eigenvalue weighted by Crippen LogP contribution is -2.07. The van der Waals surface area contributed by atoms with Gasteiger partial charge in [-0.1, -0.05) is 12.2 Å². The Morgan fingerprint density at radius 2 is 2.71 bits per heavy atom. The first kappa shape index (κ1) is 11.2. The van der Waals surface area contributed by atoms with Crippen LogP contribution in [-0.4, -0.2) is 27.6 Å². The number of nitrogens with zero attached hydrogens (tertiary/aromatic N) is 2.